The molecule has 2 aromatic rings. The molecule has 0 aliphatic carbocycles. The first-order valence-electron chi connectivity index (χ1n) is 10.7. The number of rotatable bonds is 13. The smallest absolute Gasteiger partial charge is 0.335 e. The van der Waals surface area contributed by atoms with Gasteiger partial charge in [0, 0.05) is 26.9 Å². The molecule has 3 rings (SSSR count). The Morgan fingerprint density at radius 1 is 0.857 bits per heavy atom. The summed E-state index contributed by atoms with van der Waals surface area (Å²) >= 11 is 0. The van der Waals surface area contributed by atoms with E-state index >= 15 is 0 Å². The van der Waals surface area contributed by atoms with Crippen LogP contribution in [0.2, 0.25) is 0 Å². The predicted octanol–water partition coefficient (Wildman–Crippen LogP) is 3.00. The van der Waals surface area contributed by atoms with Crippen LogP contribution in [-0.4, -0.2) is 71.8 Å². The Labute approximate surface area is 202 Å². The Hall–Kier alpha value is -3.22. The molecule has 1 heterocycles. The zero-order valence-electron chi connectivity index (χ0n) is 19.7. The summed E-state index contributed by atoms with van der Waals surface area (Å²) in [6.07, 6.45) is -0.0842. The maximum absolute atomic E-state index is 14.1. The van der Waals surface area contributed by atoms with E-state index in [1.807, 2.05) is 0 Å². The normalized spacial score (nSPS) is 13.9. The fourth-order valence-corrected chi connectivity index (χ4v) is 3.43. The lowest BCUT2D eigenvalue weighted by Crippen LogP contribution is -2.22. The third kappa shape index (κ3) is 6.47. The van der Waals surface area contributed by atoms with Crippen LogP contribution in [0.3, 0.4) is 0 Å². The van der Waals surface area contributed by atoms with Gasteiger partial charge in [-0.15, -0.1) is 0 Å². The SMILES string of the molecule is COCOc1cc(C(=O)O)cc(OCOC)c1C(=O)c1c(OCOC)cccc1C1OCCCO1. The number of aromatic carboxylic acids is 1. The molecule has 0 atom stereocenters. The van der Waals surface area contributed by atoms with E-state index in [9.17, 15) is 14.7 Å². The number of carboxylic acid groups (broad SMARTS) is 1. The molecule has 1 fully saturated rings. The lowest BCUT2D eigenvalue weighted by atomic mass is 9.94. The molecule has 0 saturated carbocycles. The number of carboxylic acids is 1. The molecule has 0 amide bonds. The summed E-state index contributed by atoms with van der Waals surface area (Å²) in [5, 5.41) is 9.56. The van der Waals surface area contributed by atoms with Crippen LogP contribution in [0.5, 0.6) is 17.2 Å². The highest BCUT2D eigenvalue weighted by atomic mass is 16.7. The number of hydrogen-bond acceptors (Lipinski definition) is 10. The number of benzene rings is 2. The maximum Gasteiger partial charge on any atom is 0.335 e. The number of methoxy groups -OCH3 is 3. The molecule has 11 heteroatoms. The van der Waals surface area contributed by atoms with Gasteiger partial charge in [0.2, 0.25) is 5.78 Å². The second kappa shape index (κ2) is 13.0. The summed E-state index contributed by atoms with van der Waals surface area (Å²) in [7, 11) is 4.25. The van der Waals surface area contributed by atoms with E-state index < -0.39 is 18.0 Å². The van der Waals surface area contributed by atoms with E-state index in [1.165, 1.54) is 33.5 Å². The standard InChI is InChI=1S/C24H28O11/c1-28-12-33-17-7-4-6-16(24-31-8-5-9-32-24)20(17)22(25)21-18(34-13-29-2)10-15(23(26)27)11-19(21)35-14-30-3/h4,6-7,10-11,24H,5,8-9,12-14H2,1-3H3,(H,26,27). The number of carbonyl (C=O) groups excluding carboxylic acids is 1. The predicted molar refractivity (Wildman–Crippen MR) is 120 cm³/mol. The highest BCUT2D eigenvalue weighted by molar-refractivity contribution is 6.15. The van der Waals surface area contributed by atoms with Crippen molar-refractivity contribution in [1.29, 1.82) is 0 Å². The lowest BCUT2D eigenvalue weighted by Gasteiger charge is -2.26. The Balaban J connectivity index is 2.21. The molecule has 0 radical (unpaired) electrons. The minimum Gasteiger partial charge on any atom is -0.478 e. The summed E-state index contributed by atoms with van der Waals surface area (Å²) in [6, 6.07) is 7.45. The van der Waals surface area contributed by atoms with Crippen LogP contribution in [0.1, 0.15) is 44.6 Å². The molecular formula is C24H28O11. The van der Waals surface area contributed by atoms with Crippen LogP contribution in [0.25, 0.3) is 0 Å². The van der Waals surface area contributed by atoms with Crippen molar-refractivity contribution in [3.05, 3.63) is 52.6 Å². The summed E-state index contributed by atoms with van der Waals surface area (Å²) in [5.74, 6) is -1.70. The van der Waals surface area contributed by atoms with Gasteiger partial charge in [0.05, 0.1) is 24.3 Å². The molecular weight excluding hydrogens is 464 g/mol. The van der Waals surface area contributed by atoms with Gasteiger partial charge in [-0.25, -0.2) is 4.79 Å². The minimum absolute atomic E-state index is 0.0466. The molecule has 1 aliphatic heterocycles. The molecule has 0 aromatic heterocycles. The molecule has 1 aliphatic rings. The third-order valence-corrected chi connectivity index (χ3v) is 4.90. The van der Waals surface area contributed by atoms with Crippen LogP contribution < -0.4 is 14.2 Å². The molecule has 0 unspecified atom stereocenters. The van der Waals surface area contributed by atoms with Crippen molar-refractivity contribution in [1.82, 2.24) is 0 Å². The van der Waals surface area contributed by atoms with E-state index in [4.69, 9.17) is 37.9 Å². The average molecular weight is 492 g/mol. The Kier molecular flexibility index (Phi) is 9.82. The van der Waals surface area contributed by atoms with Crippen LogP contribution >= 0.6 is 0 Å². The molecule has 0 spiro atoms. The molecule has 1 saturated heterocycles. The van der Waals surface area contributed by atoms with Crippen LogP contribution in [0, 0.1) is 0 Å². The quantitative estimate of drug-likeness (QED) is 0.327. The van der Waals surface area contributed by atoms with E-state index in [2.05, 4.69) is 0 Å². The molecule has 35 heavy (non-hydrogen) atoms. The van der Waals surface area contributed by atoms with Gasteiger partial charge in [-0.3, -0.25) is 4.79 Å². The first-order chi connectivity index (χ1) is 17.0. The van der Waals surface area contributed by atoms with E-state index in [1.54, 1.807) is 18.2 Å². The van der Waals surface area contributed by atoms with Gasteiger partial charge in [0.15, 0.2) is 26.7 Å². The van der Waals surface area contributed by atoms with Crippen molar-refractivity contribution >= 4 is 11.8 Å². The van der Waals surface area contributed by atoms with Crippen LogP contribution in [0.4, 0.5) is 0 Å². The number of carbonyl (C=O) groups is 2. The summed E-state index contributed by atoms with van der Waals surface area (Å²) < 4.78 is 43.3. The minimum atomic E-state index is -1.23. The van der Waals surface area contributed by atoms with Crippen molar-refractivity contribution in [2.24, 2.45) is 0 Å². The van der Waals surface area contributed by atoms with Crippen molar-refractivity contribution in [3.8, 4) is 17.2 Å². The zero-order valence-corrected chi connectivity index (χ0v) is 19.7. The third-order valence-electron chi connectivity index (χ3n) is 4.90. The molecule has 190 valence electrons. The van der Waals surface area contributed by atoms with Crippen molar-refractivity contribution in [2.75, 3.05) is 54.9 Å². The van der Waals surface area contributed by atoms with E-state index in [0.29, 0.717) is 18.8 Å². The van der Waals surface area contributed by atoms with Crippen molar-refractivity contribution < 1.29 is 52.6 Å². The van der Waals surface area contributed by atoms with Gasteiger partial charge in [0.25, 0.3) is 0 Å². The summed E-state index contributed by atoms with van der Waals surface area (Å²) in [4.78, 5) is 25.8. The van der Waals surface area contributed by atoms with E-state index in [0.717, 1.165) is 6.42 Å². The zero-order chi connectivity index (χ0) is 25.2. The number of ketones is 1. The molecule has 1 N–H and O–H groups in total. The highest BCUT2D eigenvalue weighted by Crippen LogP contribution is 2.39. The largest absolute Gasteiger partial charge is 0.478 e. The second-order valence-electron chi connectivity index (χ2n) is 7.28. The monoisotopic (exact) mass is 492 g/mol. The lowest BCUT2D eigenvalue weighted by molar-refractivity contribution is -0.183. The van der Waals surface area contributed by atoms with Gasteiger partial charge in [-0.2, -0.15) is 0 Å². The topological polar surface area (TPSA) is 128 Å². The van der Waals surface area contributed by atoms with Gasteiger partial charge in [0.1, 0.15) is 22.8 Å². The van der Waals surface area contributed by atoms with Crippen molar-refractivity contribution in [3.63, 3.8) is 0 Å². The number of ether oxygens (including phenoxy) is 8. The molecule has 0 bridgehead atoms. The summed E-state index contributed by atoms with van der Waals surface area (Å²) in [5.41, 5.74) is 0.363. The van der Waals surface area contributed by atoms with Crippen molar-refractivity contribution in [2.45, 2.75) is 12.7 Å². The van der Waals surface area contributed by atoms with Gasteiger partial charge in [-0.1, -0.05) is 12.1 Å². The second-order valence-corrected chi connectivity index (χ2v) is 7.28. The number of hydrogen-bond donors (Lipinski definition) is 1. The van der Waals surface area contributed by atoms with E-state index in [-0.39, 0.29) is 54.3 Å². The summed E-state index contributed by atoms with van der Waals surface area (Å²) in [6.45, 7) is 0.319. The first kappa shape index (κ1) is 26.4. The highest BCUT2D eigenvalue weighted by Gasteiger charge is 2.31. The fourth-order valence-electron chi connectivity index (χ4n) is 3.43. The maximum atomic E-state index is 14.1. The molecule has 11 nitrogen and oxygen atoms in total. The van der Waals surface area contributed by atoms with Crippen LogP contribution in [-0.2, 0) is 23.7 Å². The Morgan fingerprint density at radius 3 is 1.91 bits per heavy atom. The Morgan fingerprint density at radius 2 is 1.40 bits per heavy atom. The van der Waals surface area contributed by atoms with Gasteiger partial charge in [-0.05, 0) is 24.6 Å². The fraction of sp³-hybridized carbons (Fsp3) is 0.417. The Bertz CT molecular complexity index is 986. The molecule has 2 aromatic carbocycles. The van der Waals surface area contributed by atoms with Gasteiger partial charge < -0.3 is 43.0 Å². The average Bonchev–Trinajstić information content (AvgIpc) is 2.88. The van der Waals surface area contributed by atoms with Gasteiger partial charge >= 0.3 is 5.97 Å². The first-order valence-corrected chi connectivity index (χ1v) is 10.7. The van der Waals surface area contributed by atoms with Crippen LogP contribution in [0.15, 0.2) is 30.3 Å².